The average molecular weight is 342 g/mol. The highest BCUT2D eigenvalue weighted by atomic mass is 79.9. The predicted molar refractivity (Wildman–Crippen MR) is 79.7 cm³/mol. The Labute approximate surface area is 122 Å². The second-order valence-electron chi connectivity index (χ2n) is 4.05. The van der Waals surface area contributed by atoms with Gasteiger partial charge in [-0.15, -0.1) is 11.3 Å². The fourth-order valence-corrected chi connectivity index (χ4v) is 2.93. The van der Waals surface area contributed by atoms with Crippen LogP contribution in [0.1, 0.15) is 15.9 Å². The third-order valence-corrected chi connectivity index (χ3v) is 4.14. The number of rotatable bonds is 4. The molecular formula is C12H12BrN3O2S. The SMILES string of the molecule is CN(Cc1csc(Br)c1)c1cnc(N)cc1C(=O)O. The average Bonchev–Trinajstić information content (AvgIpc) is 2.74. The highest BCUT2D eigenvalue weighted by Crippen LogP contribution is 2.25. The van der Waals surface area contributed by atoms with E-state index in [9.17, 15) is 9.90 Å². The molecule has 2 heterocycles. The van der Waals surface area contributed by atoms with Crippen molar-refractivity contribution < 1.29 is 9.90 Å². The molecule has 3 N–H and O–H groups in total. The summed E-state index contributed by atoms with van der Waals surface area (Å²) in [6, 6.07) is 3.38. The Morgan fingerprint density at radius 3 is 2.89 bits per heavy atom. The zero-order valence-corrected chi connectivity index (χ0v) is 12.5. The van der Waals surface area contributed by atoms with E-state index in [2.05, 4.69) is 20.9 Å². The van der Waals surface area contributed by atoms with Gasteiger partial charge in [0.15, 0.2) is 0 Å². The quantitative estimate of drug-likeness (QED) is 0.893. The second-order valence-corrected chi connectivity index (χ2v) is 6.34. The monoisotopic (exact) mass is 341 g/mol. The van der Waals surface area contributed by atoms with Gasteiger partial charge in [0.25, 0.3) is 0 Å². The summed E-state index contributed by atoms with van der Waals surface area (Å²) in [6.45, 7) is 0.605. The molecule has 0 aliphatic carbocycles. The molecule has 0 amide bonds. The first kappa shape index (κ1) is 13.8. The maximum atomic E-state index is 11.2. The molecule has 0 fully saturated rings. The Balaban J connectivity index is 2.28. The molecule has 5 nitrogen and oxygen atoms in total. The van der Waals surface area contributed by atoms with E-state index in [0.29, 0.717) is 12.2 Å². The Hall–Kier alpha value is -1.60. The van der Waals surface area contributed by atoms with E-state index < -0.39 is 5.97 Å². The lowest BCUT2D eigenvalue weighted by atomic mass is 10.2. The lowest BCUT2D eigenvalue weighted by Crippen LogP contribution is -2.19. The van der Waals surface area contributed by atoms with Gasteiger partial charge < -0.3 is 15.7 Å². The number of nitrogens with two attached hydrogens (primary N) is 1. The van der Waals surface area contributed by atoms with Crippen LogP contribution >= 0.6 is 27.3 Å². The molecule has 19 heavy (non-hydrogen) atoms. The van der Waals surface area contributed by atoms with Gasteiger partial charge in [0.2, 0.25) is 0 Å². The highest BCUT2D eigenvalue weighted by molar-refractivity contribution is 9.11. The van der Waals surface area contributed by atoms with Crippen molar-refractivity contribution in [3.63, 3.8) is 0 Å². The number of carbonyl (C=O) groups is 1. The van der Waals surface area contributed by atoms with E-state index in [-0.39, 0.29) is 11.4 Å². The van der Waals surface area contributed by atoms with E-state index in [4.69, 9.17) is 5.73 Å². The minimum Gasteiger partial charge on any atom is -0.478 e. The molecule has 0 aliphatic heterocycles. The molecule has 0 spiro atoms. The van der Waals surface area contributed by atoms with Crippen molar-refractivity contribution in [1.82, 2.24) is 4.98 Å². The lowest BCUT2D eigenvalue weighted by molar-refractivity contribution is 0.0697. The topological polar surface area (TPSA) is 79.5 Å². The number of carboxylic acids is 1. The molecule has 7 heteroatoms. The summed E-state index contributed by atoms with van der Waals surface area (Å²) >= 11 is 5.00. The maximum Gasteiger partial charge on any atom is 0.338 e. The summed E-state index contributed by atoms with van der Waals surface area (Å²) in [5.41, 5.74) is 7.33. The first-order valence-corrected chi connectivity index (χ1v) is 7.07. The molecule has 0 radical (unpaired) electrons. The normalized spacial score (nSPS) is 10.4. The van der Waals surface area contributed by atoms with Crippen molar-refractivity contribution >= 4 is 44.7 Å². The largest absolute Gasteiger partial charge is 0.478 e. The van der Waals surface area contributed by atoms with Crippen molar-refractivity contribution in [2.75, 3.05) is 17.7 Å². The van der Waals surface area contributed by atoms with Gasteiger partial charge >= 0.3 is 5.97 Å². The number of nitrogen functional groups attached to an aromatic ring is 1. The number of carboxylic acid groups (broad SMARTS) is 1. The van der Waals surface area contributed by atoms with E-state index in [0.717, 1.165) is 9.35 Å². The van der Waals surface area contributed by atoms with Crippen molar-refractivity contribution in [3.05, 3.63) is 38.6 Å². The molecule has 0 bridgehead atoms. The van der Waals surface area contributed by atoms with Crippen molar-refractivity contribution in [1.29, 1.82) is 0 Å². The third-order valence-electron chi connectivity index (χ3n) is 2.59. The smallest absolute Gasteiger partial charge is 0.338 e. The number of aromatic carboxylic acids is 1. The summed E-state index contributed by atoms with van der Waals surface area (Å²) in [4.78, 5) is 17.0. The molecule has 0 aliphatic rings. The Morgan fingerprint density at radius 1 is 1.58 bits per heavy atom. The second kappa shape index (κ2) is 5.58. The van der Waals surface area contributed by atoms with Crippen LogP contribution in [0.4, 0.5) is 11.5 Å². The highest BCUT2D eigenvalue weighted by Gasteiger charge is 2.15. The summed E-state index contributed by atoms with van der Waals surface area (Å²) in [7, 11) is 1.82. The van der Waals surface area contributed by atoms with E-state index in [1.165, 1.54) is 12.3 Å². The van der Waals surface area contributed by atoms with Crippen LogP contribution in [-0.4, -0.2) is 23.1 Å². The Morgan fingerprint density at radius 2 is 2.32 bits per heavy atom. The van der Waals surface area contributed by atoms with Crippen LogP contribution in [0, 0.1) is 0 Å². The third kappa shape index (κ3) is 3.24. The maximum absolute atomic E-state index is 11.2. The number of nitrogens with zero attached hydrogens (tertiary/aromatic N) is 2. The van der Waals surface area contributed by atoms with E-state index in [1.54, 1.807) is 11.3 Å². The van der Waals surface area contributed by atoms with Gasteiger partial charge in [-0.2, -0.15) is 0 Å². The van der Waals surface area contributed by atoms with E-state index >= 15 is 0 Å². The first-order chi connectivity index (χ1) is 8.97. The summed E-state index contributed by atoms with van der Waals surface area (Å²) in [6.07, 6.45) is 1.49. The molecule has 2 aromatic heterocycles. The number of pyridine rings is 1. The minimum atomic E-state index is -1.01. The van der Waals surface area contributed by atoms with Gasteiger partial charge in [0.1, 0.15) is 5.82 Å². The fourth-order valence-electron chi connectivity index (χ4n) is 1.73. The fraction of sp³-hybridized carbons (Fsp3) is 0.167. The van der Waals surface area contributed by atoms with Crippen LogP contribution in [0.15, 0.2) is 27.5 Å². The predicted octanol–water partition coefficient (Wildman–Crippen LogP) is 2.82. The van der Waals surface area contributed by atoms with Gasteiger partial charge in [-0.3, -0.25) is 0 Å². The number of halogens is 1. The van der Waals surface area contributed by atoms with Crippen molar-refractivity contribution in [2.45, 2.75) is 6.54 Å². The lowest BCUT2D eigenvalue weighted by Gasteiger charge is -2.20. The number of hydrogen-bond acceptors (Lipinski definition) is 5. The molecule has 0 atom stereocenters. The summed E-state index contributed by atoms with van der Waals surface area (Å²) in [5, 5.41) is 11.2. The minimum absolute atomic E-state index is 0.157. The molecule has 0 saturated heterocycles. The molecule has 0 unspecified atom stereocenters. The Kier molecular flexibility index (Phi) is 4.06. The van der Waals surface area contributed by atoms with Crippen LogP contribution in [0.3, 0.4) is 0 Å². The molecule has 2 rings (SSSR count). The van der Waals surface area contributed by atoms with Gasteiger partial charge in [-0.1, -0.05) is 0 Å². The van der Waals surface area contributed by atoms with Crippen LogP contribution in [0.2, 0.25) is 0 Å². The molecule has 0 aromatic carbocycles. The number of thiophene rings is 1. The standard InChI is InChI=1S/C12H12BrN3O2S/c1-16(5-7-2-10(13)19-6-7)9-4-15-11(14)3-8(9)12(17)18/h2-4,6H,5H2,1H3,(H2,14,15)(H,17,18). The number of anilines is 2. The number of hydrogen-bond donors (Lipinski definition) is 2. The van der Waals surface area contributed by atoms with E-state index in [1.807, 2.05) is 23.4 Å². The van der Waals surface area contributed by atoms with Crippen LogP contribution in [0.25, 0.3) is 0 Å². The summed E-state index contributed by atoms with van der Waals surface area (Å²) in [5.74, 6) is -0.810. The molecule has 2 aromatic rings. The van der Waals surface area contributed by atoms with Crippen LogP contribution < -0.4 is 10.6 Å². The Bertz CT molecular complexity index is 615. The summed E-state index contributed by atoms with van der Waals surface area (Å²) < 4.78 is 1.05. The van der Waals surface area contributed by atoms with Crippen LogP contribution in [0.5, 0.6) is 0 Å². The molecule has 100 valence electrons. The number of aromatic nitrogens is 1. The first-order valence-electron chi connectivity index (χ1n) is 5.40. The molecular weight excluding hydrogens is 330 g/mol. The van der Waals surface area contributed by atoms with Crippen molar-refractivity contribution in [3.8, 4) is 0 Å². The van der Waals surface area contributed by atoms with Gasteiger partial charge in [0.05, 0.1) is 21.2 Å². The molecule has 0 saturated carbocycles. The zero-order chi connectivity index (χ0) is 14.0. The van der Waals surface area contributed by atoms with Crippen LogP contribution in [-0.2, 0) is 6.54 Å². The van der Waals surface area contributed by atoms with Gasteiger partial charge in [0, 0.05) is 13.6 Å². The van der Waals surface area contributed by atoms with Gasteiger partial charge in [-0.25, -0.2) is 9.78 Å². The van der Waals surface area contributed by atoms with Gasteiger partial charge in [-0.05, 0) is 39.0 Å². The zero-order valence-electron chi connectivity index (χ0n) is 10.1. The van der Waals surface area contributed by atoms with Crippen molar-refractivity contribution in [2.24, 2.45) is 0 Å².